The number of nitrogens with one attached hydrogen (secondary N) is 1. The number of benzene rings is 1. The number of halogens is 2. The summed E-state index contributed by atoms with van der Waals surface area (Å²) in [5.74, 6) is -1.47. The van der Waals surface area contributed by atoms with E-state index in [4.69, 9.17) is 0 Å². The van der Waals surface area contributed by atoms with E-state index in [0.717, 1.165) is 44.1 Å². The maximum absolute atomic E-state index is 13.7. The summed E-state index contributed by atoms with van der Waals surface area (Å²) in [4.78, 5) is -0.577. The predicted octanol–water partition coefficient (Wildman–Crippen LogP) is 1.97. The summed E-state index contributed by atoms with van der Waals surface area (Å²) in [5.41, 5.74) is 0. The van der Waals surface area contributed by atoms with Crippen LogP contribution in [-0.4, -0.2) is 38.9 Å². The van der Waals surface area contributed by atoms with Crippen LogP contribution in [0.2, 0.25) is 0 Å². The molecule has 0 aliphatic carbocycles. The molecule has 0 amide bonds. The van der Waals surface area contributed by atoms with E-state index in [-0.39, 0.29) is 5.92 Å². The Bertz CT molecular complexity index is 593. The zero-order valence-electron chi connectivity index (χ0n) is 12.0. The smallest absolute Gasteiger partial charge is 0.246 e. The summed E-state index contributed by atoms with van der Waals surface area (Å²) < 4.78 is 53.2. The number of hydrogen-bond acceptors (Lipinski definition) is 3. The van der Waals surface area contributed by atoms with Gasteiger partial charge in [0.1, 0.15) is 16.5 Å². The lowest BCUT2D eigenvalue weighted by Crippen LogP contribution is -2.43. The van der Waals surface area contributed by atoms with Gasteiger partial charge in [0, 0.05) is 13.1 Å². The Kier molecular flexibility index (Phi) is 5.29. The summed E-state index contributed by atoms with van der Waals surface area (Å²) in [6.07, 6.45) is 1.66. The quantitative estimate of drug-likeness (QED) is 0.903. The Morgan fingerprint density at radius 2 is 2.14 bits per heavy atom. The number of hydrogen-bond donors (Lipinski definition) is 1. The number of nitrogens with zero attached hydrogens (tertiary/aromatic N) is 1. The number of sulfonamides is 1. The lowest BCUT2D eigenvalue weighted by molar-refractivity contribution is 0.260. The average molecular weight is 318 g/mol. The first-order valence-corrected chi connectivity index (χ1v) is 8.55. The van der Waals surface area contributed by atoms with Crippen LogP contribution in [0.25, 0.3) is 0 Å². The molecular formula is C14H20F2N2O2S. The molecule has 1 N–H and O–H groups in total. The van der Waals surface area contributed by atoms with E-state index in [1.54, 1.807) is 0 Å². The lowest BCUT2D eigenvalue weighted by Gasteiger charge is -2.32. The zero-order valence-corrected chi connectivity index (χ0v) is 12.8. The molecule has 0 radical (unpaired) electrons. The molecule has 1 aromatic carbocycles. The number of rotatable bonds is 5. The monoisotopic (exact) mass is 318 g/mol. The largest absolute Gasteiger partial charge is 0.317 e. The van der Waals surface area contributed by atoms with Crippen molar-refractivity contribution in [3.05, 3.63) is 29.8 Å². The molecule has 4 nitrogen and oxygen atoms in total. The van der Waals surface area contributed by atoms with E-state index in [1.807, 2.05) is 6.92 Å². The lowest BCUT2D eigenvalue weighted by atomic mass is 10.00. The van der Waals surface area contributed by atoms with Crippen LogP contribution in [0.5, 0.6) is 0 Å². The zero-order chi connectivity index (χ0) is 15.5. The van der Waals surface area contributed by atoms with E-state index >= 15 is 0 Å². The standard InChI is InChI=1S/C14H20F2N2O2S/c1-2-17-9-11-4-3-7-18(10-11)21(19,20)14-8-12(15)5-6-13(14)16/h5-6,8,11,17H,2-4,7,9-10H2,1H3. The Morgan fingerprint density at radius 3 is 2.86 bits per heavy atom. The van der Waals surface area contributed by atoms with Crippen molar-refractivity contribution in [2.45, 2.75) is 24.7 Å². The van der Waals surface area contributed by atoms with Gasteiger partial charge in [-0.05, 0) is 50.0 Å². The molecule has 7 heteroatoms. The van der Waals surface area contributed by atoms with Gasteiger partial charge in [-0.2, -0.15) is 4.31 Å². The maximum atomic E-state index is 13.7. The fraction of sp³-hybridized carbons (Fsp3) is 0.571. The molecule has 1 aliphatic rings. The Balaban J connectivity index is 2.20. The summed E-state index contributed by atoms with van der Waals surface area (Å²) >= 11 is 0. The van der Waals surface area contributed by atoms with Crippen molar-refractivity contribution in [2.75, 3.05) is 26.2 Å². The molecule has 0 saturated carbocycles. The maximum Gasteiger partial charge on any atom is 0.246 e. The molecule has 0 bridgehead atoms. The molecule has 1 saturated heterocycles. The molecule has 2 rings (SSSR count). The van der Waals surface area contributed by atoms with Crippen molar-refractivity contribution in [1.29, 1.82) is 0 Å². The third-order valence-corrected chi connectivity index (χ3v) is 5.56. The van der Waals surface area contributed by atoms with E-state index in [2.05, 4.69) is 5.32 Å². The van der Waals surface area contributed by atoms with Gasteiger partial charge in [-0.3, -0.25) is 0 Å². The fourth-order valence-corrected chi connectivity index (χ4v) is 4.20. The van der Waals surface area contributed by atoms with Gasteiger partial charge < -0.3 is 5.32 Å². The molecule has 1 atom stereocenters. The summed E-state index contributed by atoms with van der Waals surface area (Å²) in [6, 6.07) is 2.51. The second-order valence-corrected chi connectivity index (χ2v) is 7.16. The fourth-order valence-electron chi connectivity index (χ4n) is 2.57. The van der Waals surface area contributed by atoms with Crippen molar-refractivity contribution in [3.63, 3.8) is 0 Å². The third-order valence-electron chi connectivity index (χ3n) is 3.68. The van der Waals surface area contributed by atoms with Gasteiger partial charge in [0.15, 0.2) is 0 Å². The molecule has 0 spiro atoms. The Hall–Kier alpha value is -1.05. The average Bonchev–Trinajstić information content (AvgIpc) is 2.48. The first-order valence-electron chi connectivity index (χ1n) is 7.11. The topological polar surface area (TPSA) is 49.4 Å². The molecule has 21 heavy (non-hydrogen) atoms. The van der Waals surface area contributed by atoms with Crippen LogP contribution in [-0.2, 0) is 10.0 Å². The summed E-state index contributed by atoms with van der Waals surface area (Å²) in [6.45, 7) is 4.22. The molecule has 1 unspecified atom stereocenters. The second kappa shape index (κ2) is 6.81. The van der Waals surface area contributed by atoms with E-state index < -0.39 is 26.6 Å². The Labute approximate surface area is 124 Å². The summed E-state index contributed by atoms with van der Waals surface area (Å²) in [7, 11) is -3.98. The van der Waals surface area contributed by atoms with Gasteiger partial charge in [-0.1, -0.05) is 6.92 Å². The summed E-state index contributed by atoms with van der Waals surface area (Å²) in [5, 5.41) is 3.19. The van der Waals surface area contributed by atoms with Crippen LogP contribution >= 0.6 is 0 Å². The van der Waals surface area contributed by atoms with Crippen LogP contribution in [0.1, 0.15) is 19.8 Å². The number of piperidine rings is 1. The normalized spacial score (nSPS) is 20.6. The van der Waals surface area contributed by atoms with Crippen molar-refractivity contribution in [3.8, 4) is 0 Å². The molecule has 0 aromatic heterocycles. The van der Waals surface area contributed by atoms with Gasteiger partial charge in [0.25, 0.3) is 0 Å². The van der Waals surface area contributed by atoms with Crippen LogP contribution in [0.4, 0.5) is 8.78 Å². The van der Waals surface area contributed by atoms with Gasteiger partial charge >= 0.3 is 0 Å². The molecular weight excluding hydrogens is 298 g/mol. The van der Waals surface area contributed by atoms with Crippen LogP contribution in [0.15, 0.2) is 23.1 Å². The molecule has 1 heterocycles. The second-order valence-electron chi connectivity index (χ2n) is 5.25. The van der Waals surface area contributed by atoms with Crippen LogP contribution in [0.3, 0.4) is 0 Å². The highest BCUT2D eigenvalue weighted by atomic mass is 32.2. The molecule has 1 aliphatic heterocycles. The van der Waals surface area contributed by atoms with E-state index in [0.29, 0.717) is 13.1 Å². The van der Waals surface area contributed by atoms with Crippen LogP contribution < -0.4 is 5.32 Å². The Morgan fingerprint density at radius 1 is 1.38 bits per heavy atom. The SMILES string of the molecule is CCNCC1CCCN(S(=O)(=O)c2cc(F)ccc2F)C1. The van der Waals surface area contributed by atoms with Crippen LogP contribution in [0, 0.1) is 17.6 Å². The highest BCUT2D eigenvalue weighted by Crippen LogP contribution is 2.25. The molecule has 1 aromatic rings. The minimum Gasteiger partial charge on any atom is -0.317 e. The van der Waals surface area contributed by atoms with E-state index in [1.165, 1.54) is 4.31 Å². The first-order chi connectivity index (χ1) is 9.95. The third kappa shape index (κ3) is 3.78. The highest BCUT2D eigenvalue weighted by Gasteiger charge is 2.32. The molecule has 1 fully saturated rings. The van der Waals surface area contributed by atoms with Gasteiger partial charge in [0.05, 0.1) is 0 Å². The van der Waals surface area contributed by atoms with Crippen molar-refractivity contribution in [1.82, 2.24) is 9.62 Å². The van der Waals surface area contributed by atoms with E-state index in [9.17, 15) is 17.2 Å². The van der Waals surface area contributed by atoms with Crippen molar-refractivity contribution >= 4 is 10.0 Å². The highest BCUT2D eigenvalue weighted by molar-refractivity contribution is 7.89. The minimum atomic E-state index is -3.98. The first kappa shape index (κ1) is 16.3. The minimum absolute atomic E-state index is 0.199. The van der Waals surface area contributed by atoms with Gasteiger partial charge in [0.2, 0.25) is 10.0 Å². The van der Waals surface area contributed by atoms with Crippen molar-refractivity contribution in [2.24, 2.45) is 5.92 Å². The predicted molar refractivity (Wildman–Crippen MR) is 76.4 cm³/mol. The van der Waals surface area contributed by atoms with Gasteiger partial charge in [-0.15, -0.1) is 0 Å². The van der Waals surface area contributed by atoms with Crippen molar-refractivity contribution < 1.29 is 17.2 Å². The van der Waals surface area contributed by atoms with Gasteiger partial charge in [-0.25, -0.2) is 17.2 Å². The molecule has 118 valence electrons.